The van der Waals surface area contributed by atoms with E-state index in [4.69, 9.17) is 4.74 Å². The third-order valence-electron chi connectivity index (χ3n) is 4.46. The zero-order chi connectivity index (χ0) is 12.1. The predicted molar refractivity (Wildman–Crippen MR) is 73.6 cm³/mol. The molecule has 0 spiro atoms. The van der Waals surface area contributed by atoms with Gasteiger partial charge in [-0.2, -0.15) is 0 Å². The Morgan fingerprint density at radius 2 is 1.89 bits per heavy atom. The fourth-order valence-corrected chi connectivity index (χ4v) is 3.66. The molecule has 4 rings (SSSR count). The van der Waals surface area contributed by atoms with Crippen molar-refractivity contribution in [2.24, 2.45) is 5.92 Å². The van der Waals surface area contributed by atoms with E-state index in [0.29, 0.717) is 11.8 Å². The molecule has 2 aromatic carbocycles. The topological polar surface area (TPSA) is 9.23 Å². The van der Waals surface area contributed by atoms with E-state index in [0.717, 1.165) is 12.2 Å². The second kappa shape index (κ2) is 3.61. The molecule has 0 amide bonds. The third-order valence-corrected chi connectivity index (χ3v) is 4.46. The van der Waals surface area contributed by atoms with Gasteiger partial charge in [-0.3, -0.25) is 0 Å². The zero-order valence-electron chi connectivity index (χ0n) is 10.5. The van der Waals surface area contributed by atoms with Crippen molar-refractivity contribution in [2.75, 3.05) is 7.11 Å². The number of rotatable bonds is 1. The Morgan fingerprint density at radius 1 is 1.06 bits per heavy atom. The van der Waals surface area contributed by atoms with Crippen LogP contribution in [0.4, 0.5) is 0 Å². The molecule has 90 valence electrons. The number of hydrogen-bond acceptors (Lipinski definition) is 1. The maximum Gasteiger partial charge on any atom is 0.0925 e. The number of ether oxygens (including phenoxy) is 1. The number of hydrogen-bond donors (Lipinski definition) is 0. The largest absolute Gasteiger partial charge is 0.501 e. The van der Waals surface area contributed by atoms with E-state index in [9.17, 15) is 0 Å². The minimum absolute atomic E-state index is 0.554. The zero-order valence-corrected chi connectivity index (χ0v) is 10.5. The van der Waals surface area contributed by atoms with Gasteiger partial charge in [0.15, 0.2) is 0 Å². The molecule has 2 atom stereocenters. The quantitative estimate of drug-likeness (QED) is 0.726. The molecule has 0 N–H and O–H groups in total. The Kier molecular flexibility index (Phi) is 2.05. The molecule has 18 heavy (non-hydrogen) atoms. The lowest BCUT2D eigenvalue weighted by Crippen LogP contribution is -2.15. The Morgan fingerprint density at radius 3 is 2.72 bits per heavy atom. The van der Waals surface area contributed by atoms with Crippen LogP contribution >= 0.6 is 0 Å². The minimum atomic E-state index is 0.554. The van der Waals surface area contributed by atoms with E-state index >= 15 is 0 Å². The van der Waals surface area contributed by atoms with Gasteiger partial charge in [-0.05, 0) is 40.3 Å². The molecule has 0 bridgehead atoms. The number of allylic oxidation sites excluding steroid dienone is 2. The molecular formula is C17H16O. The molecule has 0 radical (unpaired) electrons. The average molecular weight is 236 g/mol. The number of fused-ring (bicyclic) bond motifs is 2. The fraction of sp³-hybridized carbons (Fsp3) is 0.294. The second-order valence-electron chi connectivity index (χ2n) is 5.39. The SMILES string of the molecule is COC1=CC2c3cccc4cccc(c34)CC2C1. The van der Waals surface area contributed by atoms with Crippen LogP contribution < -0.4 is 0 Å². The van der Waals surface area contributed by atoms with E-state index in [-0.39, 0.29) is 0 Å². The van der Waals surface area contributed by atoms with Gasteiger partial charge >= 0.3 is 0 Å². The summed E-state index contributed by atoms with van der Waals surface area (Å²) in [5, 5.41) is 2.86. The van der Waals surface area contributed by atoms with Crippen molar-refractivity contribution in [3.8, 4) is 0 Å². The lowest BCUT2D eigenvalue weighted by Gasteiger charge is -2.27. The highest BCUT2D eigenvalue weighted by Crippen LogP contribution is 2.47. The molecule has 2 aliphatic carbocycles. The Hall–Kier alpha value is -1.76. The van der Waals surface area contributed by atoms with Crippen molar-refractivity contribution in [1.82, 2.24) is 0 Å². The molecule has 2 aromatic rings. The summed E-state index contributed by atoms with van der Waals surface area (Å²) in [6.07, 6.45) is 4.60. The Bertz CT molecular complexity index is 648. The van der Waals surface area contributed by atoms with Gasteiger partial charge in [-0.15, -0.1) is 0 Å². The summed E-state index contributed by atoms with van der Waals surface area (Å²) in [5.41, 5.74) is 3.00. The smallest absolute Gasteiger partial charge is 0.0925 e. The number of benzene rings is 2. The highest BCUT2D eigenvalue weighted by atomic mass is 16.5. The van der Waals surface area contributed by atoms with E-state index in [1.807, 2.05) is 0 Å². The average Bonchev–Trinajstić information content (AvgIpc) is 2.83. The maximum atomic E-state index is 5.46. The summed E-state index contributed by atoms with van der Waals surface area (Å²) in [4.78, 5) is 0. The molecule has 2 unspecified atom stereocenters. The van der Waals surface area contributed by atoms with Crippen molar-refractivity contribution >= 4 is 10.8 Å². The van der Waals surface area contributed by atoms with Gasteiger partial charge in [0, 0.05) is 12.3 Å². The van der Waals surface area contributed by atoms with Crippen LogP contribution in [0, 0.1) is 5.92 Å². The van der Waals surface area contributed by atoms with Crippen molar-refractivity contribution in [3.63, 3.8) is 0 Å². The Balaban J connectivity index is 1.98. The summed E-state index contributed by atoms with van der Waals surface area (Å²) in [6.45, 7) is 0. The van der Waals surface area contributed by atoms with Gasteiger partial charge in [-0.1, -0.05) is 36.4 Å². The molecule has 2 aliphatic rings. The highest BCUT2D eigenvalue weighted by Gasteiger charge is 2.34. The van der Waals surface area contributed by atoms with Crippen LogP contribution in [-0.2, 0) is 11.2 Å². The molecule has 0 aromatic heterocycles. The van der Waals surface area contributed by atoms with E-state index in [1.165, 1.54) is 28.3 Å². The molecular weight excluding hydrogens is 220 g/mol. The lowest BCUT2D eigenvalue weighted by molar-refractivity contribution is 0.272. The first-order chi connectivity index (χ1) is 8.86. The normalized spacial score (nSPS) is 24.8. The molecule has 0 fully saturated rings. The van der Waals surface area contributed by atoms with Crippen LogP contribution in [0.1, 0.15) is 23.5 Å². The fourth-order valence-electron chi connectivity index (χ4n) is 3.66. The minimum Gasteiger partial charge on any atom is -0.501 e. The standard InChI is InChI=1S/C17H16O/c1-18-14-9-13-8-12-6-2-4-11-5-3-7-15(17(11)12)16(13)10-14/h2-7,10,13,16H,8-9H2,1H3. The Labute approximate surface area is 107 Å². The van der Waals surface area contributed by atoms with Crippen LogP contribution in [0.25, 0.3) is 10.8 Å². The predicted octanol–water partition coefficient (Wildman–Crippen LogP) is 4.03. The van der Waals surface area contributed by atoms with Crippen LogP contribution in [0.5, 0.6) is 0 Å². The van der Waals surface area contributed by atoms with E-state index in [1.54, 1.807) is 7.11 Å². The van der Waals surface area contributed by atoms with Crippen molar-refractivity contribution in [2.45, 2.75) is 18.8 Å². The summed E-state index contributed by atoms with van der Waals surface area (Å²) in [7, 11) is 1.79. The molecule has 1 heteroatoms. The number of methoxy groups -OCH3 is 1. The van der Waals surface area contributed by atoms with Gasteiger partial charge in [-0.25, -0.2) is 0 Å². The van der Waals surface area contributed by atoms with Gasteiger partial charge in [0.2, 0.25) is 0 Å². The van der Waals surface area contributed by atoms with Gasteiger partial charge in [0.05, 0.1) is 12.9 Å². The molecule has 0 saturated heterocycles. The lowest BCUT2D eigenvalue weighted by atomic mass is 9.76. The summed E-state index contributed by atoms with van der Waals surface area (Å²) >= 11 is 0. The summed E-state index contributed by atoms with van der Waals surface area (Å²) < 4.78 is 5.46. The van der Waals surface area contributed by atoms with Gasteiger partial charge < -0.3 is 4.74 Å². The monoisotopic (exact) mass is 236 g/mol. The van der Waals surface area contributed by atoms with E-state index < -0.39 is 0 Å². The maximum absolute atomic E-state index is 5.46. The van der Waals surface area contributed by atoms with Gasteiger partial charge in [0.25, 0.3) is 0 Å². The van der Waals surface area contributed by atoms with Crippen LogP contribution in [0.2, 0.25) is 0 Å². The molecule has 0 saturated carbocycles. The van der Waals surface area contributed by atoms with Crippen molar-refractivity contribution in [1.29, 1.82) is 0 Å². The van der Waals surface area contributed by atoms with Crippen molar-refractivity contribution < 1.29 is 4.74 Å². The van der Waals surface area contributed by atoms with E-state index in [2.05, 4.69) is 42.5 Å². The first kappa shape index (κ1) is 10.2. The second-order valence-corrected chi connectivity index (χ2v) is 5.39. The summed E-state index contributed by atoms with van der Waals surface area (Å²) in [5.74, 6) is 2.41. The van der Waals surface area contributed by atoms with Crippen LogP contribution in [0.3, 0.4) is 0 Å². The third kappa shape index (κ3) is 1.28. The summed E-state index contributed by atoms with van der Waals surface area (Å²) in [6, 6.07) is 13.4. The molecule has 0 heterocycles. The highest BCUT2D eigenvalue weighted by molar-refractivity contribution is 5.90. The van der Waals surface area contributed by atoms with Crippen LogP contribution in [-0.4, -0.2) is 7.11 Å². The molecule has 1 nitrogen and oxygen atoms in total. The first-order valence-corrected chi connectivity index (χ1v) is 6.62. The van der Waals surface area contributed by atoms with Crippen molar-refractivity contribution in [3.05, 3.63) is 59.4 Å². The van der Waals surface area contributed by atoms with Gasteiger partial charge in [0.1, 0.15) is 0 Å². The first-order valence-electron chi connectivity index (χ1n) is 6.62. The molecule has 0 aliphatic heterocycles. The van der Waals surface area contributed by atoms with Crippen LogP contribution in [0.15, 0.2) is 48.2 Å².